The maximum absolute atomic E-state index is 12.4. The molecule has 24 heavy (non-hydrogen) atoms. The number of rotatable bonds is 4. The van der Waals surface area contributed by atoms with Crippen LogP contribution in [0.15, 0.2) is 4.79 Å². The normalized spacial score (nSPS) is 21.1. The van der Waals surface area contributed by atoms with Gasteiger partial charge in [0.15, 0.2) is 0 Å². The molecule has 2 heterocycles. The lowest BCUT2D eigenvalue weighted by atomic mass is 9.88. The molecule has 2 N–H and O–H groups in total. The van der Waals surface area contributed by atoms with Crippen molar-refractivity contribution in [2.75, 3.05) is 7.05 Å². The zero-order valence-corrected chi connectivity index (χ0v) is 15.1. The second kappa shape index (κ2) is 7.03. The minimum absolute atomic E-state index is 0.191. The first-order valence-electron chi connectivity index (χ1n) is 8.37. The lowest BCUT2D eigenvalue weighted by molar-refractivity contribution is -0.0181. The van der Waals surface area contributed by atoms with Gasteiger partial charge in [-0.2, -0.15) is 0 Å². The molecule has 1 saturated carbocycles. The fraction of sp³-hybridized carbons (Fsp3) is 0.588. The van der Waals surface area contributed by atoms with Crippen LogP contribution in [-0.2, 0) is 11.3 Å². The first-order chi connectivity index (χ1) is 11.5. The highest BCUT2D eigenvalue weighted by Crippen LogP contribution is 2.28. The van der Waals surface area contributed by atoms with Crippen molar-refractivity contribution in [3.63, 3.8) is 0 Å². The van der Waals surface area contributed by atoms with E-state index < -0.39 is 0 Å². The van der Waals surface area contributed by atoms with E-state index in [1.54, 1.807) is 14.0 Å². The Kier molecular flexibility index (Phi) is 5.01. The Hall–Kier alpha value is -1.73. The number of carbonyl (C=O) groups excluding carboxylic acids is 1. The van der Waals surface area contributed by atoms with Gasteiger partial charge >= 0.3 is 0 Å². The number of hydrogen-bond donors (Lipinski definition) is 2. The second-order valence-corrected chi connectivity index (χ2v) is 7.44. The summed E-state index contributed by atoms with van der Waals surface area (Å²) in [6.45, 7) is 4.29. The average molecular weight is 349 g/mol. The van der Waals surface area contributed by atoms with Crippen molar-refractivity contribution in [1.29, 1.82) is 0 Å². The van der Waals surface area contributed by atoms with E-state index in [0.717, 1.165) is 6.42 Å². The summed E-state index contributed by atoms with van der Waals surface area (Å²) in [4.78, 5) is 32.7. The molecule has 0 bridgehead atoms. The molecule has 2 atom stereocenters. The predicted molar refractivity (Wildman–Crippen MR) is 94.6 cm³/mol. The number of thiophene rings is 1. The van der Waals surface area contributed by atoms with Crippen molar-refractivity contribution in [2.24, 2.45) is 5.92 Å². The SMILES string of the molecule is CNC(=O)c1sc2nc(CO[C@H]3CCCC[C@@H]3C)[nH]c(=O)c2c1C. The van der Waals surface area contributed by atoms with Gasteiger partial charge in [0.1, 0.15) is 17.3 Å². The summed E-state index contributed by atoms with van der Waals surface area (Å²) in [5, 5.41) is 3.09. The molecule has 3 rings (SSSR count). The van der Waals surface area contributed by atoms with Gasteiger partial charge in [0.25, 0.3) is 11.5 Å². The third-order valence-electron chi connectivity index (χ3n) is 4.75. The molecular formula is C17H23N3O3S. The Morgan fingerprint density at radius 3 is 2.88 bits per heavy atom. The number of fused-ring (bicyclic) bond motifs is 1. The van der Waals surface area contributed by atoms with Crippen LogP contribution in [0.3, 0.4) is 0 Å². The third-order valence-corrected chi connectivity index (χ3v) is 5.93. The molecular weight excluding hydrogens is 326 g/mol. The molecule has 2 aromatic rings. The van der Waals surface area contributed by atoms with Crippen LogP contribution in [0.1, 0.15) is 53.7 Å². The van der Waals surface area contributed by atoms with Crippen LogP contribution in [0.5, 0.6) is 0 Å². The summed E-state index contributed by atoms with van der Waals surface area (Å²) in [6, 6.07) is 0. The van der Waals surface area contributed by atoms with Crippen LogP contribution < -0.4 is 10.9 Å². The van der Waals surface area contributed by atoms with Crippen LogP contribution in [0.25, 0.3) is 10.2 Å². The van der Waals surface area contributed by atoms with Crippen molar-refractivity contribution in [3.8, 4) is 0 Å². The number of aromatic nitrogens is 2. The van der Waals surface area contributed by atoms with Gasteiger partial charge in [-0.05, 0) is 31.2 Å². The van der Waals surface area contributed by atoms with E-state index in [1.165, 1.54) is 30.6 Å². The van der Waals surface area contributed by atoms with E-state index in [-0.39, 0.29) is 17.6 Å². The van der Waals surface area contributed by atoms with Gasteiger partial charge in [0.05, 0.1) is 16.4 Å². The molecule has 1 fully saturated rings. The van der Waals surface area contributed by atoms with Crippen molar-refractivity contribution < 1.29 is 9.53 Å². The molecule has 6 nitrogen and oxygen atoms in total. The second-order valence-electron chi connectivity index (χ2n) is 6.44. The predicted octanol–water partition coefficient (Wildman–Crippen LogP) is 2.75. The highest BCUT2D eigenvalue weighted by Gasteiger charge is 2.23. The van der Waals surface area contributed by atoms with Crippen LogP contribution in [-0.4, -0.2) is 29.0 Å². The molecule has 0 unspecified atom stereocenters. The Bertz CT molecular complexity index is 811. The number of carbonyl (C=O) groups is 1. The van der Waals surface area contributed by atoms with Crippen LogP contribution in [0.4, 0.5) is 0 Å². The summed E-state index contributed by atoms with van der Waals surface area (Å²) in [6.07, 6.45) is 4.93. The average Bonchev–Trinajstić information content (AvgIpc) is 2.90. The molecule has 0 aliphatic heterocycles. The van der Waals surface area contributed by atoms with Crippen molar-refractivity contribution in [2.45, 2.75) is 52.2 Å². The number of aryl methyl sites for hydroxylation is 1. The first kappa shape index (κ1) is 17.1. The Balaban J connectivity index is 1.85. The van der Waals surface area contributed by atoms with Crippen LogP contribution in [0, 0.1) is 12.8 Å². The summed E-state index contributed by atoms with van der Waals surface area (Å²) in [5.41, 5.74) is 0.468. The quantitative estimate of drug-likeness (QED) is 0.889. The number of aromatic amines is 1. The highest BCUT2D eigenvalue weighted by molar-refractivity contribution is 7.20. The largest absolute Gasteiger partial charge is 0.370 e. The van der Waals surface area contributed by atoms with Gasteiger partial charge in [-0.15, -0.1) is 11.3 Å². The maximum Gasteiger partial charge on any atom is 0.261 e. The van der Waals surface area contributed by atoms with E-state index >= 15 is 0 Å². The molecule has 0 spiro atoms. The summed E-state index contributed by atoms with van der Waals surface area (Å²) in [5.74, 6) is 0.872. The van der Waals surface area contributed by atoms with Crippen molar-refractivity contribution in [1.82, 2.24) is 15.3 Å². The molecule has 7 heteroatoms. The Labute approximate surface area is 144 Å². The van der Waals surface area contributed by atoms with E-state index in [4.69, 9.17) is 4.74 Å². The zero-order valence-electron chi connectivity index (χ0n) is 14.3. The van der Waals surface area contributed by atoms with Gasteiger partial charge in [-0.1, -0.05) is 19.8 Å². The highest BCUT2D eigenvalue weighted by atomic mass is 32.1. The number of nitrogens with zero attached hydrogens (tertiary/aromatic N) is 1. The number of H-pyrrole nitrogens is 1. The third kappa shape index (κ3) is 3.23. The smallest absolute Gasteiger partial charge is 0.261 e. The summed E-state index contributed by atoms with van der Waals surface area (Å²) < 4.78 is 5.98. The molecule has 1 aliphatic rings. The van der Waals surface area contributed by atoms with Crippen molar-refractivity contribution >= 4 is 27.5 Å². The van der Waals surface area contributed by atoms with Crippen molar-refractivity contribution in [3.05, 3.63) is 26.6 Å². The molecule has 1 aliphatic carbocycles. The maximum atomic E-state index is 12.4. The van der Waals surface area contributed by atoms with Crippen LogP contribution >= 0.6 is 11.3 Å². The topological polar surface area (TPSA) is 84.1 Å². The number of amides is 1. The van der Waals surface area contributed by atoms with Gasteiger partial charge in [0, 0.05) is 7.05 Å². The fourth-order valence-electron chi connectivity index (χ4n) is 3.30. The minimum atomic E-state index is -0.209. The van der Waals surface area contributed by atoms with E-state index in [2.05, 4.69) is 22.2 Å². The zero-order chi connectivity index (χ0) is 17.3. The fourth-order valence-corrected chi connectivity index (χ4v) is 4.45. The molecule has 130 valence electrons. The molecule has 0 saturated heterocycles. The number of ether oxygens (including phenoxy) is 1. The molecule has 0 aromatic carbocycles. The monoisotopic (exact) mass is 349 g/mol. The van der Waals surface area contributed by atoms with E-state index in [0.29, 0.717) is 39.0 Å². The molecule has 2 aromatic heterocycles. The van der Waals surface area contributed by atoms with Gasteiger partial charge in [0.2, 0.25) is 0 Å². The number of nitrogens with one attached hydrogen (secondary N) is 2. The molecule has 1 amide bonds. The van der Waals surface area contributed by atoms with Gasteiger partial charge < -0.3 is 15.0 Å². The number of hydrogen-bond acceptors (Lipinski definition) is 5. The summed E-state index contributed by atoms with van der Waals surface area (Å²) in [7, 11) is 1.58. The summed E-state index contributed by atoms with van der Waals surface area (Å²) >= 11 is 1.25. The molecule has 0 radical (unpaired) electrons. The van der Waals surface area contributed by atoms with Gasteiger partial charge in [-0.25, -0.2) is 4.98 Å². The lowest BCUT2D eigenvalue weighted by Crippen LogP contribution is -2.26. The Morgan fingerprint density at radius 1 is 1.42 bits per heavy atom. The van der Waals surface area contributed by atoms with E-state index in [1.807, 2.05) is 0 Å². The Morgan fingerprint density at radius 2 is 2.17 bits per heavy atom. The first-order valence-corrected chi connectivity index (χ1v) is 9.19. The standard InChI is InChI=1S/C17H23N3O3S/c1-9-6-4-5-7-11(9)23-8-12-19-15(21)13-10(2)14(16(22)18-3)24-17(13)20-12/h9,11H,4-8H2,1-3H3,(H,18,22)(H,19,20,21)/t9-,11-/m0/s1. The minimum Gasteiger partial charge on any atom is -0.370 e. The van der Waals surface area contributed by atoms with E-state index in [9.17, 15) is 9.59 Å². The lowest BCUT2D eigenvalue weighted by Gasteiger charge is -2.28. The van der Waals surface area contributed by atoms with Gasteiger partial charge in [-0.3, -0.25) is 9.59 Å². The van der Waals surface area contributed by atoms with Crippen LogP contribution in [0.2, 0.25) is 0 Å².